The minimum absolute atomic E-state index is 0.0790. The third-order valence-corrected chi connectivity index (χ3v) is 2.90. The van der Waals surface area contributed by atoms with E-state index in [-0.39, 0.29) is 12.0 Å². The highest BCUT2D eigenvalue weighted by molar-refractivity contribution is 5.81. The van der Waals surface area contributed by atoms with E-state index in [1.165, 1.54) is 0 Å². The van der Waals surface area contributed by atoms with Crippen molar-refractivity contribution >= 4 is 16.9 Å². The standard InChI is InChI=1S/C13H17N3O2/c1-3-12(18-2)13(17)14-7-9-4-5-10-11(6-9)16-8-15-10/h4-6,8,12H,3,7H2,1-2H3,(H,14,17)(H,15,16)/t12-/m1/s1. The summed E-state index contributed by atoms with van der Waals surface area (Å²) in [6.07, 6.45) is 1.95. The first-order chi connectivity index (χ1) is 8.74. The van der Waals surface area contributed by atoms with Crippen LogP contribution in [-0.2, 0) is 16.1 Å². The lowest BCUT2D eigenvalue weighted by Gasteiger charge is -2.13. The summed E-state index contributed by atoms with van der Waals surface area (Å²) in [5, 5.41) is 2.86. The SMILES string of the molecule is CC[C@@H](OC)C(=O)NCc1ccc2nc[nH]c2c1. The zero-order valence-electron chi connectivity index (χ0n) is 10.6. The Bertz CT molecular complexity index is 532. The molecule has 0 bridgehead atoms. The monoisotopic (exact) mass is 247 g/mol. The van der Waals surface area contributed by atoms with Crippen molar-refractivity contribution in [3.8, 4) is 0 Å². The van der Waals surface area contributed by atoms with Crippen molar-refractivity contribution in [2.24, 2.45) is 0 Å². The first kappa shape index (κ1) is 12.6. The largest absolute Gasteiger partial charge is 0.372 e. The molecule has 2 rings (SSSR count). The number of imidazole rings is 1. The highest BCUT2D eigenvalue weighted by atomic mass is 16.5. The van der Waals surface area contributed by atoms with Crippen molar-refractivity contribution in [1.82, 2.24) is 15.3 Å². The van der Waals surface area contributed by atoms with Crippen molar-refractivity contribution in [3.63, 3.8) is 0 Å². The van der Waals surface area contributed by atoms with Crippen LogP contribution in [0, 0.1) is 0 Å². The molecule has 1 atom stereocenters. The average molecular weight is 247 g/mol. The maximum atomic E-state index is 11.7. The molecule has 0 aliphatic carbocycles. The van der Waals surface area contributed by atoms with Crippen molar-refractivity contribution in [2.75, 3.05) is 7.11 Å². The number of carbonyl (C=O) groups is 1. The second kappa shape index (κ2) is 5.64. The molecule has 0 saturated carbocycles. The highest BCUT2D eigenvalue weighted by Crippen LogP contribution is 2.11. The van der Waals surface area contributed by atoms with Crippen LogP contribution in [0.3, 0.4) is 0 Å². The van der Waals surface area contributed by atoms with Gasteiger partial charge in [-0.15, -0.1) is 0 Å². The molecule has 1 heterocycles. The number of nitrogens with one attached hydrogen (secondary N) is 2. The number of ether oxygens (including phenoxy) is 1. The molecule has 1 amide bonds. The molecular formula is C13H17N3O2. The molecule has 0 fully saturated rings. The van der Waals surface area contributed by atoms with E-state index < -0.39 is 0 Å². The van der Waals surface area contributed by atoms with Crippen molar-refractivity contribution in [3.05, 3.63) is 30.1 Å². The van der Waals surface area contributed by atoms with Crippen LogP contribution in [0.4, 0.5) is 0 Å². The van der Waals surface area contributed by atoms with E-state index in [2.05, 4.69) is 15.3 Å². The summed E-state index contributed by atoms with van der Waals surface area (Å²) in [7, 11) is 1.55. The Morgan fingerprint density at radius 3 is 3.11 bits per heavy atom. The molecule has 5 nitrogen and oxygen atoms in total. The first-order valence-corrected chi connectivity index (χ1v) is 5.97. The fourth-order valence-electron chi connectivity index (χ4n) is 1.85. The van der Waals surface area contributed by atoms with Gasteiger partial charge in [0.1, 0.15) is 6.10 Å². The minimum Gasteiger partial charge on any atom is -0.372 e. The van der Waals surface area contributed by atoms with Gasteiger partial charge in [-0.3, -0.25) is 4.79 Å². The maximum absolute atomic E-state index is 11.7. The number of benzene rings is 1. The van der Waals surface area contributed by atoms with Crippen LogP contribution >= 0.6 is 0 Å². The van der Waals surface area contributed by atoms with Gasteiger partial charge in [-0.2, -0.15) is 0 Å². The Kier molecular flexibility index (Phi) is 3.94. The third-order valence-electron chi connectivity index (χ3n) is 2.90. The third kappa shape index (κ3) is 2.68. The molecule has 0 aliphatic heterocycles. The molecule has 0 unspecified atom stereocenters. The molecule has 0 aliphatic rings. The summed E-state index contributed by atoms with van der Waals surface area (Å²) < 4.78 is 5.08. The van der Waals surface area contributed by atoms with E-state index in [9.17, 15) is 4.79 Å². The number of aromatic amines is 1. The Hall–Kier alpha value is -1.88. The quantitative estimate of drug-likeness (QED) is 0.843. The van der Waals surface area contributed by atoms with Gasteiger partial charge in [-0.1, -0.05) is 13.0 Å². The normalized spacial score (nSPS) is 12.6. The zero-order chi connectivity index (χ0) is 13.0. The van der Waals surface area contributed by atoms with E-state index in [1.54, 1.807) is 13.4 Å². The van der Waals surface area contributed by atoms with Gasteiger partial charge in [-0.25, -0.2) is 4.98 Å². The van der Waals surface area contributed by atoms with Crippen LogP contribution in [0.25, 0.3) is 11.0 Å². The van der Waals surface area contributed by atoms with Gasteiger partial charge < -0.3 is 15.0 Å². The predicted molar refractivity (Wildman–Crippen MR) is 69.0 cm³/mol. The molecule has 5 heteroatoms. The second-order valence-corrected chi connectivity index (χ2v) is 4.10. The number of aromatic nitrogens is 2. The van der Waals surface area contributed by atoms with Gasteiger partial charge in [0.15, 0.2) is 0 Å². The maximum Gasteiger partial charge on any atom is 0.249 e. The predicted octanol–water partition coefficient (Wildman–Crippen LogP) is 1.60. The zero-order valence-corrected chi connectivity index (χ0v) is 10.6. The minimum atomic E-state index is -0.374. The summed E-state index contributed by atoms with van der Waals surface area (Å²) in [4.78, 5) is 18.9. The van der Waals surface area contributed by atoms with Crippen LogP contribution in [0.1, 0.15) is 18.9 Å². The molecule has 1 aromatic carbocycles. The molecule has 18 heavy (non-hydrogen) atoms. The topological polar surface area (TPSA) is 67.0 Å². The Balaban J connectivity index is 1.99. The lowest BCUT2D eigenvalue weighted by molar-refractivity contribution is -0.131. The number of H-pyrrole nitrogens is 1. The van der Waals surface area contributed by atoms with Crippen LogP contribution in [0.2, 0.25) is 0 Å². The molecule has 96 valence electrons. The van der Waals surface area contributed by atoms with E-state index in [4.69, 9.17) is 4.74 Å². The van der Waals surface area contributed by atoms with E-state index in [0.717, 1.165) is 16.6 Å². The number of nitrogens with zero attached hydrogens (tertiary/aromatic N) is 1. The summed E-state index contributed by atoms with van der Waals surface area (Å²) in [5.74, 6) is -0.0790. The van der Waals surface area contributed by atoms with Gasteiger partial charge in [0.2, 0.25) is 5.91 Å². The lowest BCUT2D eigenvalue weighted by Crippen LogP contribution is -2.34. The van der Waals surface area contributed by atoms with Crippen molar-refractivity contribution in [1.29, 1.82) is 0 Å². The van der Waals surface area contributed by atoms with Gasteiger partial charge in [0.25, 0.3) is 0 Å². The van der Waals surface area contributed by atoms with Crippen LogP contribution < -0.4 is 5.32 Å². The summed E-state index contributed by atoms with van der Waals surface area (Å²) >= 11 is 0. The molecule has 1 aromatic heterocycles. The number of carbonyl (C=O) groups excluding carboxylic acids is 1. The summed E-state index contributed by atoms with van der Waals surface area (Å²) in [5.41, 5.74) is 2.93. The van der Waals surface area contributed by atoms with E-state index in [0.29, 0.717) is 13.0 Å². The molecule has 0 radical (unpaired) electrons. The molecule has 2 N–H and O–H groups in total. The Labute approximate surface area is 106 Å². The molecule has 2 aromatic rings. The molecule has 0 spiro atoms. The number of hydrogen-bond donors (Lipinski definition) is 2. The van der Waals surface area contributed by atoms with Crippen LogP contribution in [0.15, 0.2) is 24.5 Å². The molecule has 0 saturated heterocycles. The van der Waals surface area contributed by atoms with Gasteiger partial charge >= 0.3 is 0 Å². The van der Waals surface area contributed by atoms with Crippen LogP contribution in [-0.4, -0.2) is 29.1 Å². The molecular weight excluding hydrogens is 230 g/mol. The fraction of sp³-hybridized carbons (Fsp3) is 0.385. The smallest absolute Gasteiger partial charge is 0.249 e. The number of amides is 1. The van der Waals surface area contributed by atoms with Gasteiger partial charge in [0, 0.05) is 13.7 Å². The first-order valence-electron chi connectivity index (χ1n) is 5.97. The van der Waals surface area contributed by atoms with Crippen LogP contribution in [0.5, 0.6) is 0 Å². The average Bonchev–Trinajstić information content (AvgIpc) is 2.85. The van der Waals surface area contributed by atoms with Gasteiger partial charge in [0.05, 0.1) is 17.4 Å². The number of hydrogen-bond acceptors (Lipinski definition) is 3. The van der Waals surface area contributed by atoms with E-state index in [1.807, 2.05) is 25.1 Å². The number of fused-ring (bicyclic) bond motifs is 1. The van der Waals surface area contributed by atoms with Crippen molar-refractivity contribution in [2.45, 2.75) is 26.0 Å². The summed E-state index contributed by atoms with van der Waals surface area (Å²) in [6.45, 7) is 2.41. The Morgan fingerprint density at radius 1 is 1.56 bits per heavy atom. The number of methoxy groups -OCH3 is 1. The Morgan fingerprint density at radius 2 is 2.39 bits per heavy atom. The van der Waals surface area contributed by atoms with Crippen molar-refractivity contribution < 1.29 is 9.53 Å². The van der Waals surface area contributed by atoms with Gasteiger partial charge in [-0.05, 0) is 24.1 Å². The fourth-order valence-corrected chi connectivity index (χ4v) is 1.85. The lowest BCUT2D eigenvalue weighted by atomic mass is 10.2. The second-order valence-electron chi connectivity index (χ2n) is 4.10. The number of rotatable bonds is 5. The highest BCUT2D eigenvalue weighted by Gasteiger charge is 2.14. The van der Waals surface area contributed by atoms with E-state index >= 15 is 0 Å². The summed E-state index contributed by atoms with van der Waals surface area (Å²) in [6, 6.07) is 5.87.